The molecule has 0 aliphatic carbocycles. The van der Waals surface area contributed by atoms with Crippen molar-refractivity contribution < 1.29 is 9.53 Å². The van der Waals surface area contributed by atoms with Crippen LogP contribution < -0.4 is 5.73 Å². The van der Waals surface area contributed by atoms with E-state index in [4.69, 9.17) is 10.5 Å². The molecule has 1 aromatic heterocycles. The van der Waals surface area contributed by atoms with Crippen molar-refractivity contribution in [3.63, 3.8) is 0 Å². The van der Waals surface area contributed by atoms with E-state index in [1.165, 1.54) is 11.3 Å². The molecule has 2 rings (SSSR count). The van der Waals surface area contributed by atoms with Gasteiger partial charge in [0.25, 0.3) is 0 Å². The van der Waals surface area contributed by atoms with Crippen LogP contribution in [0.5, 0.6) is 0 Å². The minimum atomic E-state index is -0.345. The van der Waals surface area contributed by atoms with Gasteiger partial charge in [-0.25, -0.2) is 4.79 Å². The molecule has 2 aromatic rings. The number of halogens is 2. The molecule has 0 amide bonds. The van der Waals surface area contributed by atoms with Crippen LogP contribution in [0.2, 0.25) is 0 Å². The summed E-state index contributed by atoms with van der Waals surface area (Å²) < 4.78 is 7.22. The SMILES string of the molecule is CCOC(=O)c1sc(-c2cc(I)ccc2Br)c(CC)c1N. The van der Waals surface area contributed by atoms with Gasteiger partial charge < -0.3 is 10.5 Å². The molecule has 1 aromatic carbocycles. The lowest BCUT2D eigenvalue weighted by atomic mass is 10.1. The summed E-state index contributed by atoms with van der Waals surface area (Å²) in [5.41, 5.74) is 8.77. The van der Waals surface area contributed by atoms with Crippen molar-refractivity contribution in [2.75, 3.05) is 12.3 Å². The first-order valence-electron chi connectivity index (χ1n) is 6.53. The van der Waals surface area contributed by atoms with Crippen molar-refractivity contribution in [3.8, 4) is 10.4 Å². The van der Waals surface area contributed by atoms with Crippen molar-refractivity contribution in [1.82, 2.24) is 0 Å². The molecule has 0 aliphatic rings. The second-order valence-corrected chi connectivity index (χ2v) is 7.47. The smallest absolute Gasteiger partial charge is 0.350 e. The van der Waals surface area contributed by atoms with Crippen LogP contribution in [0.4, 0.5) is 5.69 Å². The van der Waals surface area contributed by atoms with E-state index in [9.17, 15) is 4.79 Å². The predicted octanol–water partition coefficient (Wildman–Crippen LogP) is 5.10. The molecular formula is C15H15BrINO2S. The fourth-order valence-corrected chi connectivity index (χ4v) is 4.37. The number of rotatable bonds is 4. The van der Waals surface area contributed by atoms with Gasteiger partial charge in [-0.3, -0.25) is 0 Å². The summed E-state index contributed by atoms with van der Waals surface area (Å²) in [5.74, 6) is -0.345. The van der Waals surface area contributed by atoms with Crippen molar-refractivity contribution in [2.45, 2.75) is 20.3 Å². The van der Waals surface area contributed by atoms with Gasteiger partial charge in [0.15, 0.2) is 0 Å². The van der Waals surface area contributed by atoms with Gasteiger partial charge in [0.1, 0.15) is 4.88 Å². The third-order valence-electron chi connectivity index (χ3n) is 3.04. The van der Waals surface area contributed by atoms with E-state index in [0.29, 0.717) is 17.2 Å². The molecule has 0 fully saturated rings. The summed E-state index contributed by atoms with van der Waals surface area (Å²) in [6.45, 7) is 4.18. The zero-order chi connectivity index (χ0) is 15.6. The lowest BCUT2D eigenvalue weighted by molar-refractivity contribution is 0.0533. The number of nitrogens with two attached hydrogens (primary N) is 1. The second-order valence-electron chi connectivity index (χ2n) is 4.35. The minimum absolute atomic E-state index is 0.345. The van der Waals surface area contributed by atoms with E-state index in [-0.39, 0.29) is 5.97 Å². The fourth-order valence-electron chi connectivity index (χ4n) is 2.07. The van der Waals surface area contributed by atoms with Gasteiger partial charge in [-0.2, -0.15) is 0 Å². The molecule has 0 bridgehead atoms. The lowest BCUT2D eigenvalue weighted by Gasteiger charge is -2.06. The summed E-state index contributed by atoms with van der Waals surface area (Å²) in [6.07, 6.45) is 0.773. The van der Waals surface area contributed by atoms with Crippen LogP contribution in [0.1, 0.15) is 29.1 Å². The highest BCUT2D eigenvalue weighted by Crippen LogP contribution is 2.42. The molecule has 1 heterocycles. The number of ether oxygens (including phenoxy) is 1. The van der Waals surface area contributed by atoms with E-state index < -0.39 is 0 Å². The molecule has 21 heavy (non-hydrogen) atoms. The standard InChI is InChI=1S/C15H15BrINO2S/c1-3-9-12(18)14(15(19)20-4-2)21-13(9)10-7-8(17)5-6-11(10)16/h5-7H,3-4,18H2,1-2H3. The number of carbonyl (C=O) groups is 1. The second kappa shape index (κ2) is 7.11. The summed E-state index contributed by atoms with van der Waals surface area (Å²) >= 11 is 7.26. The number of esters is 1. The highest BCUT2D eigenvalue weighted by atomic mass is 127. The Hall–Kier alpha value is -0.600. The maximum absolute atomic E-state index is 12.0. The van der Waals surface area contributed by atoms with Gasteiger partial charge in [0.2, 0.25) is 0 Å². The van der Waals surface area contributed by atoms with Gasteiger partial charge in [-0.05, 0) is 59.7 Å². The Labute approximate surface area is 150 Å². The quantitative estimate of drug-likeness (QED) is 0.490. The van der Waals surface area contributed by atoms with E-state index >= 15 is 0 Å². The summed E-state index contributed by atoms with van der Waals surface area (Å²) in [6, 6.07) is 6.13. The molecule has 6 heteroatoms. The Morgan fingerprint density at radius 3 is 2.76 bits per heavy atom. The maximum atomic E-state index is 12.0. The molecule has 2 N–H and O–H groups in total. The monoisotopic (exact) mass is 479 g/mol. The van der Waals surface area contributed by atoms with Crippen LogP contribution in [-0.4, -0.2) is 12.6 Å². The van der Waals surface area contributed by atoms with Gasteiger partial charge >= 0.3 is 5.97 Å². The average Bonchev–Trinajstić information content (AvgIpc) is 2.78. The zero-order valence-corrected chi connectivity index (χ0v) is 16.3. The summed E-state index contributed by atoms with van der Waals surface area (Å²) in [7, 11) is 0. The number of benzene rings is 1. The van der Waals surface area contributed by atoms with Crippen LogP contribution in [-0.2, 0) is 11.2 Å². The number of hydrogen-bond donors (Lipinski definition) is 1. The first-order chi connectivity index (χ1) is 9.99. The molecule has 0 spiro atoms. The number of anilines is 1. The molecule has 0 radical (unpaired) electrons. The number of nitrogen functional groups attached to an aromatic ring is 1. The third kappa shape index (κ3) is 3.43. The largest absolute Gasteiger partial charge is 0.462 e. The Kier molecular flexibility index (Phi) is 5.67. The Morgan fingerprint density at radius 2 is 2.14 bits per heavy atom. The molecule has 0 unspecified atom stereocenters. The van der Waals surface area contributed by atoms with Crippen LogP contribution in [0.25, 0.3) is 10.4 Å². The van der Waals surface area contributed by atoms with Crippen molar-refractivity contribution >= 4 is 61.5 Å². The first-order valence-corrected chi connectivity index (χ1v) is 9.22. The Balaban J connectivity index is 2.61. The topological polar surface area (TPSA) is 52.3 Å². The Bertz CT molecular complexity index is 685. The van der Waals surface area contributed by atoms with Crippen LogP contribution in [0.15, 0.2) is 22.7 Å². The van der Waals surface area contributed by atoms with Crippen LogP contribution in [0.3, 0.4) is 0 Å². The fraction of sp³-hybridized carbons (Fsp3) is 0.267. The van der Waals surface area contributed by atoms with E-state index in [0.717, 1.165) is 30.5 Å². The minimum Gasteiger partial charge on any atom is -0.462 e. The zero-order valence-electron chi connectivity index (χ0n) is 11.7. The third-order valence-corrected chi connectivity index (χ3v) is 5.66. The predicted molar refractivity (Wildman–Crippen MR) is 99.9 cm³/mol. The first kappa shape index (κ1) is 16.8. The normalized spacial score (nSPS) is 10.7. The van der Waals surface area contributed by atoms with Crippen molar-refractivity contribution in [3.05, 3.63) is 36.7 Å². The molecule has 0 atom stereocenters. The highest BCUT2D eigenvalue weighted by Gasteiger charge is 2.22. The van der Waals surface area contributed by atoms with Gasteiger partial charge in [-0.1, -0.05) is 22.9 Å². The molecule has 112 valence electrons. The number of hydrogen-bond acceptors (Lipinski definition) is 4. The van der Waals surface area contributed by atoms with Crippen LogP contribution in [0, 0.1) is 3.57 Å². The van der Waals surface area contributed by atoms with E-state index in [1.807, 2.05) is 19.1 Å². The van der Waals surface area contributed by atoms with E-state index in [1.54, 1.807) is 6.92 Å². The molecular weight excluding hydrogens is 465 g/mol. The Morgan fingerprint density at radius 1 is 1.43 bits per heavy atom. The average molecular weight is 480 g/mol. The van der Waals surface area contributed by atoms with Crippen molar-refractivity contribution in [1.29, 1.82) is 0 Å². The maximum Gasteiger partial charge on any atom is 0.350 e. The molecule has 0 saturated carbocycles. The van der Waals surface area contributed by atoms with Gasteiger partial charge in [0.05, 0.1) is 12.3 Å². The van der Waals surface area contributed by atoms with Crippen LogP contribution >= 0.6 is 49.9 Å². The van der Waals surface area contributed by atoms with E-state index in [2.05, 4.69) is 44.6 Å². The molecule has 3 nitrogen and oxygen atoms in total. The summed E-state index contributed by atoms with van der Waals surface area (Å²) in [5, 5.41) is 0. The van der Waals surface area contributed by atoms with Crippen molar-refractivity contribution in [2.24, 2.45) is 0 Å². The van der Waals surface area contributed by atoms with Gasteiger partial charge in [0, 0.05) is 18.5 Å². The summed E-state index contributed by atoms with van der Waals surface area (Å²) in [4.78, 5) is 13.6. The van der Waals surface area contributed by atoms with Gasteiger partial charge in [-0.15, -0.1) is 11.3 Å². The number of carbonyl (C=O) groups excluding carboxylic acids is 1. The highest BCUT2D eigenvalue weighted by molar-refractivity contribution is 14.1. The molecule has 0 saturated heterocycles. The number of thiophene rings is 1. The molecule has 0 aliphatic heterocycles. The lowest BCUT2D eigenvalue weighted by Crippen LogP contribution is -2.05.